The van der Waals surface area contributed by atoms with Crippen molar-refractivity contribution in [2.24, 2.45) is 4.99 Å². The van der Waals surface area contributed by atoms with Crippen LogP contribution in [-0.4, -0.2) is 25.1 Å². The minimum absolute atomic E-state index is 0.441. The van der Waals surface area contributed by atoms with Crippen LogP contribution in [0.4, 0.5) is 0 Å². The quantitative estimate of drug-likeness (QED) is 0.589. The smallest absolute Gasteiger partial charge is 0.191 e. The van der Waals surface area contributed by atoms with Crippen molar-refractivity contribution >= 4 is 5.96 Å². The highest BCUT2D eigenvalue weighted by molar-refractivity contribution is 5.80. The predicted octanol–water partition coefficient (Wildman–Crippen LogP) is 2.18. The molecular weight excluding hydrogens is 214 g/mol. The van der Waals surface area contributed by atoms with Gasteiger partial charge in [-0.1, -0.05) is 6.92 Å². The lowest BCUT2D eigenvalue weighted by molar-refractivity contribution is 0.510. The molecule has 96 valence electrons. The molecule has 4 nitrogen and oxygen atoms in total. The van der Waals surface area contributed by atoms with Gasteiger partial charge in [0.25, 0.3) is 0 Å². The van der Waals surface area contributed by atoms with Crippen LogP contribution in [-0.2, 0) is 6.42 Å². The van der Waals surface area contributed by atoms with Gasteiger partial charge in [-0.3, -0.25) is 4.99 Å². The SMILES string of the molecule is CCNC(=NCCc1ccco1)NC(C)CC. The van der Waals surface area contributed by atoms with Gasteiger partial charge in [-0.15, -0.1) is 0 Å². The Kier molecular flexibility index (Phi) is 6.22. The Morgan fingerprint density at radius 3 is 2.88 bits per heavy atom. The van der Waals surface area contributed by atoms with E-state index >= 15 is 0 Å². The monoisotopic (exact) mass is 237 g/mol. The minimum Gasteiger partial charge on any atom is -0.469 e. The topological polar surface area (TPSA) is 49.6 Å². The van der Waals surface area contributed by atoms with E-state index < -0.39 is 0 Å². The predicted molar refractivity (Wildman–Crippen MR) is 71.3 cm³/mol. The summed E-state index contributed by atoms with van der Waals surface area (Å²) in [5.74, 6) is 1.86. The van der Waals surface area contributed by atoms with Gasteiger partial charge in [-0.25, -0.2) is 0 Å². The summed E-state index contributed by atoms with van der Waals surface area (Å²) in [5.41, 5.74) is 0. The lowest BCUT2D eigenvalue weighted by Gasteiger charge is -2.15. The zero-order valence-corrected chi connectivity index (χ0v) is 11.0. The number of hydrogen-bond acceptors (Lipinski definition) is 2. The Hall–Kier alpha value is -1.45. The van der Waals surface area contributed by atoms with E-state index in [1.54, 1.807) is 6.26 Å². The molecule has 0 spiro atoms. The van der Waals surface area contributed by atoms with Gasteiger partial charge in [0, 0.05) is 25.6 Å². The number of aliphatic imine (C=N–C) groups is 1. The van der Waals surface area contributed by atoms with E-state index in [4.69, 9.17) is 4.42 Å². The van der Waals surface area contributed by atoms with E-state index in [2.05, 4.69) is 36.4 Å². The fourth-order valence-corrected chi connectivity index (χ4v) is 1.39. The van der Waals surface area contributed by atoms with Crippen LogP contribution in [0.3, 0.4) is 0 Å². The van der Waals surface area contributed by atoms with Gasteiger partial charge in [-0.05, 0) is 32.4 Å². The van der Waals surface area contributed by atoms with Gasteiger partial charge in [0.2, 0.25) is 0 Å². The number of nitrogens with zero attached hydrogens (tertiary/aromatic N) is 1. The van der Waals surface area contributed by atoms with E-state index in [0.717, 1.165) is 37.7 Å². The number of rotatable bonds is 6. The Morgan fingerprint density at radius 2 is 2.29 bits per heavy atom. The normalized spacial score (nSPS) is 13.5. The van der Waals surface area contributed by atoms with Crippen molar-refractivity contribution in [2.45, 2.75) is 39.7 Å². The maximum absolute atomic E-state index is 5.27. The van der Waals surface area contributed by atoms with Gasteiger partial charge in [-0.2, -0.15) is 0 Å². The Balaban J connectivity index is 2.40. The maximum Gasteiger partial charge on any atom is 0.191 e. The zero-order valence-electron chi connectivity index (χ0n) is 11.0. The van der Waals surface area contributed by atoms with E-state index in [9.17, 15) is 0 Å². The number of hydrogen-bond donors (Lipinski definition) is 2. The molecule has 0 aliphatic rings. The van der Waals surface area contributed by atoms with Crippen LogP contribution < -0.4 is 10.6 Å². The van der Waals surface area contributed by atoms with Crippen molar-refractivity contribution in [3.8, 4) is 0 Å². The third-order valence-electron chi connectivity index (χ3n) is 2.55. The average molecular weight is 237 g/mol. The summed E-state index contributed by atoms with van der Waals surface area (Å²) in [6, 6.07) is 4.32. The highest BCUT2D eigenvalue weighted by Gasteiger charge is 2.02. The van der Waals surface area contributed by atoms with Crippen molar-refractivity contribution in [3.63, 3.8) is 0 Å². The Labute approximate surface area is 104 Å². The average Bonchev–Trinajstić information content (AvgIpc) is 2.82. The third kappa shape index (κ3) is 5.43. The van der Waals surface area contributed by atoms with Gasteiger partial charge >= 0.3 is 0 Å². The molecular formula is C13H23N3O. The van der Waals surface area contributed by atoms with Gasteiger partial charge < -0.3 is 15.1 Å². The molecule has 0 radical (unpaired) electrons. The molecule has 1 rings (SSSR count). The molecule has 1 unspecified atom stereocenters. The first-order chi connectivity index (χ1) is 8.26. The Morgan fingerprint density at radius 1 is 1.47 bits per heavy atom. The molecule has 2 N–H and O–H groups in total. The summed E-state index contributed by atoms with van der Waals surface area (Å²) in [6.07, 6.45) is 3.62. The van der Waals surface area contributed by atoms with E-state index in [1.165, 1.54) is 0 Å². The largest absolute Gasteiger partial charge is 0.469 e. The molecule has 0 aliphatic heterocycles. The molecule has 0 aliphatic carbocycles. The second-order valence-corrected chi connectivity index (χ2v) is 4.04. The molecule has 1 atom stereocenters. The number of furan rings is 1. The molecule has 1 heterocycles. The summed E-state index contributed by atoms with van der Waals surface area (Å²) in [4.78, 5) is 4.51. The van der Waals surface area contributed by atoms with Crippen LogP contribution in [0.1, 0.15) is 33.0 Å². The third-order valence-corrected chi connectivity index (χ3v) is 2.55. The molecule has 0 aromatic carbocycles. The molecule has 0 saturated carbocycles. The second-order valence-electron chi connectivity index (χ2n) is 4.04. The van der Waals surface area contributed by atoms with Crippen LogP contribution in [0.25, 0.3) is 0 Å². The standard InChI is InChI=1S/C13H23N3O/c1-4-11(3)16-13(14-5-2)15-9-8-12-7-6-10-17-12/h6-7,10-11H,4-5,8-9H2,1-3H3,(H2,14,15,16). The molecule has 0 amide bonds. The highest BCUT2D eigenvalue weighted by atomic mass is 16.3. The molecule has 1 aromatic heterocycles. The van der Waals surface area contributed by atoms with Crippen LogP contribution in [0.15, 0.2) is 27.8 Å². The van der Waals surface area contributed by atoms with E-state index in [-0.39, 0.29) is 0 Å². The fraction of sp³-hybridized carbons (Fsp3) is 0.615. The lowest BCUT2D eigenvalue weighted by Crippen LogP contribution is -2.42. The van der Waals surface area contributed by atoms with Crippen molar-refractivity contribution in [3.05, 3.63) is 24.2 Å². The van der Waals surface area contributed by atoms with E-state index in [1.807, 2.05) is 12.1 Å². The molecule has 17 heavy (non-hydrogen) atoms. The Bertz CT molecular complexity index is 319. The molecule has 0 saturated heterocycles. The van der Waals surface area contributed by atoms with Gasteiger partial charge in [0.1, 0.15) is 5.76 Å². The first-order valence-corrected chi connectivity index (χ1v) is 6.33. The summed E-state index contributed by atoms with van der Waals surface area (Å²) in [7, 11) is 0. The minimum atomic E-state index is 0.441. The fourth-order valence-electron chi connectivity index (χ4n) is 1.39. The van der Waals surface area contributed by atoms with Crippen molar-refractivity contribution in [1.29, 1.82) is 0 Å². The van der Waals surface area contributed by atoms with Crippen LogP contribution in [0.5, 0.6) is 0 Å². The molecule has 0 bridgehead atoms. The summed E-state index contributed by atoms with van der Waals surface area (Å²) >= 11 is 0. The molecule has 1 aromatic rings. The first kappa shape index (κ1) is 13.6. The summed E-state index contributed by atoms with van der Waals surface area (Å²) < 4.78 is 5.27. The lowest BCUT2D eigenvalue weighted by atomic mass is 10.3. The number of guanidine groups is 1. The summed E-state index contributed by atoms with van der Waals surface area (Å²) in [5, 5.41) is 6.59. The number of nitrogens with one attached hydrogen (secondary N) is 2. The maximum atomic E-state index is 5.27. The highest BCUT2D eigenvalue weighted by Crippen LogP contribution is 2.00. The summed E-state index contributed by atoms with van der Waals surface area (Å²) in [6.45, 7) is 7.99. The second kappa shape index (κ2) is 7.76. The van der Waals surface area contributed by atoms with E-state index in [0.29, 0.717) is 6.04 Å². The van der Waals surface area contributed by atoms with Crippen LogP contribution >= 0.6 is 0 Å². The molecule has 4 heteroatoms. The first-order valence-electron chi connectivity index (χ1n) is 6.33. The van der Waals surface area contributed by atoms with Crippen molar-refractivity contribution < 1.29 is 4.42 Å². The van der Waals surface area contributed by atoms with Gasteiger partial charge in [0.15, 0.2) is 5.96 Å². The van der Waals surface area contributed by atoms with Crippen molar-refractivity contribution in [2.75, 3.05) is 13.1 Å². The van der Waals surface area contributed by atoms with Gasteiger partial charge in [0.05, 0.1) is 6.26 Å². The molecule has 0 fully saturated rings. The van der Waals surface area contributed by atoms with Crippen LogP contribution in [0.2, 0.25) is 0 Å². The zero-order chi connectivity index (χ0) is 12.5. The van der Waals surface area contributed by atoms with Crippen molar-refractivity contribution in [1.82, 2.24) is 10.6 Å². The van der Waals surface area contributed by atoms with Crippen LogP contribution in [0, 0.1) is 0 Å².